The summed E-state index contributed by atoms with van der Waals surface area (Å²) in [5, 5.41) is 1.43. The van der Waals surface area contributed by atoms with Gasteiger partial charge in [-0.1, -0.05) is 41.6 Å². The molecule has 3 heterocycles. The number of thioether (sulfide) groups is 1. The molecular formula is C24H22FN3OS2. The van der Waals surface area contributed by atoms with Gasteiger partial charge < -0.3 is 4.90 Å². The van der Waals surface area contributed by atoms with Crippen LogP contribution in [0.2, 0.25) is 0 Å². The highest BCUT2D eigenvalue weighted by Gasteiger charge is 2.24. The number of hydrogen-bond acceptors (Lipinski definition) is 5. The molecule has 0 saturated heterocycles. The van der Waals surface area contributed by atoms with E-state index in [9.17, 15) is 9.18 Å². The highest BCUT2D eigenvalue weighted by Crippen LogP contribution is 2.34. The van der Waals surface area contributed by atoms with Crippen LogP contribution in [-0.2, 0) is 18.7 Å². The average molecular weight is 452 g/mol. The smallest absolute Gasteiger partial charge is 0.267 e. The summed E-state index contributed by atoms with van der Waals surface area (Å²) in [6.45, 7) is 3.84. The van der Waals surface area contributed by atoms with Gasteiger partial charge in [0.15, 0.2) is 5.16 Å². The molecule has 0 radical (unpaired) electrons. The summed E-state index contributed by atoms with van der Waals surface area (Å²) in [6, 6.07) is 14.4. The first kappa shape index (κ1) is 20.4. The number of thiophene rings is 1. The lowest BCUT2D eigenvalue weighted by molar-refractivity contribution is 0.318. The first-order valence-electron chi connectivity index (χ1n) is 10.2. The van der Waals surface area contributed by atoms with Crippen LogP contribution in [0.3, 0.4) is 0 Å². The summed E-state index contributed by atoms with van der Waals surface area (Å²) < 4.78 is 15.0. The molecule has 0 spiro atoms. The van der Waals surface area contributed by atoms with Crippen molar-refractivity contribution in [2.45, 2.75) is 30.8 Å². The number of benzene rings is 2. The van der Waals surface area contributed by atoms with Crippen LogP contribution in [0.15, 0.2) is 58.5 Å². The summed E-state index contributed by atoms with van der Waals surface area (Å²) in [7, 11) is 2.11. The van der Waals surface area contributed by atoms with Crippen LogP contribution in [-0.4, -0.2) is 28.0 Å². The molecule has 158 valence electrons. The topological polar surface area (TPSA) is 38.1 Å². The standard InChI is InChI=1S/C24H22FN3OS2/c1-15-3-9-18(10-4-15)28-23(29)21-19-11-12-27(2)13-20(19)31-22(21)26-24(28)30-14-16-5-7-17(25)8-6-16/h3-10H,11-14H2,1-2H3. The molecule has 7 heteroatoms. The zero-order valence-corrected chi connectivity index (χ0v) is 19.0. The van der Waals surface area contributed by atoms with Gasteiger partial charge in [0.2, 0.25) is 0 Å². The Morgan fingerprint density at radius 3 is 2.61 bits per heavy atom. The molecule has 0 atom stereocenters. The number of hydrogen-bond donors (Lipinski definition) is 0. The van der Waals surface area contributed by atoms with E-state index in [1.54, 1.807) is 28.0 Å². The van der Waals surface area contributed by atoms with Crippen molar-refractivity contribution in [2.24, 2.45) is 0 Å². The molecule has 1 aliphatic heterocycles. The summed E-state index contributed by atoms with van der Waals surface area (Å²) >= 11 is 3.14. The van der Waals surface area contributed by atoms with Crippen molar-refractivity contribution in [1.29, 1.82) is 0 Å². The van der Waals surface area contributed by atoms with E-state index in [-0.39, 0.29) is 11.4 Å². The minimum absolute atomic E-state index is 0.00230. The third-order valence-corrected chi connectivity index (χ3v) is 7.73. The lowest BCUT2D eigenvalue weighted by Crippen LogP contribution is -2.27. The Morgan fingerprint density at radius 2 is 1.87 bits per heavy atom. The zero-order valence-electron chi connectivity index (χ0n) is 17.4. The molecule has 1 aliphatic rings. The minimum Gasteiger partial charge on any atom is -0.301 e. The van der Waals surface area contributed by atoms with E-state index in [2.05, 4.69) is 11.9 Å². The molecular weight excluding hydrogens is 429 g/mol. The minimum atomic E-state index is -0.251. The van der Waals surface area contributed by atoms with E-state index in [1.807, 2.05) is 31.2 Å². The fraction of sp³-hybridized carbons (Fsp3) is 0.250. The van der Waals surface area contributed by atoms with Crippen molar-refractivity contribution in [3.63, 3.8) is 0 Å². The number of aryl methyl sites for hydroxylation is 1. The normalized spacial score (nSPS) is 14.2. The van der Waals surface area contributed by atoms with Crippen molar-refractivity contribution in [2.75, 3.05) is 13.6 Å². The van der Waals surface area contributed by atoms with E-state index in [0.29, 0.717) is 10.9 Å². The largest absolute Gasteiger partial charge is 0.301 e. The molecule has 0 bridgehead atoms. The molecule has 0 aliphatic carbocycles. The maximum atomic E-state index is 13.8. The van der Waals surface area contributed by atoms with Crippen LogP contribution in [0.4, 0.5) is 4.39 Å². The third kappa shape index (κ3) is 3.93. The highest BCUT2D eigenvalue weighted by atomic mass is 32.2. The van der Waals surface area contributed by atoms with Gasteiger partial charge in [0.1, 0.15) is 10.6 Å². The predicted molar refractivity (Wildman–Crippen MR) is 126 cm³/mol. The molecule has 31 heavy (non-hydrogen) atoms. The number of nitrogens with zero attached hydrogens (tertiary/aromatic N) is 3. The van der Waals surface area contributed by atoms with Crippen LogP contribution in [0.1, 0.15) is 21.6 Å². The van der Waals surface area contributed by atoms with Crippen LogP contribution in [0.25, 0.3) is 15.9 Å². The highest BCUT2D eigenvalue weighted by molar-refractivity contribution is 7.98. The van der Waals surface area contributed by atoms with Gasteiger partial charge in [-0.05, 0) is 55.8 Å². The number of rotatable bonds is 4. The number of fused-ring (bicyclic) bond motifs is 3. The predicted octanol–water partition coefficient (Wildman–Crippen LogP) is 5.17. The van der Waals surface area contributed by atoms with Gasteiger partial charge in [-0.15, -0.1) is 11.3 Å². The Kier molecular flexibility index (Phi) is 5.42. The van der Waals surface area contributed by atoms with Crippen molar-refractivity contribution in [1.82, 2.24) is 14.5 Å². The molecule has 5 rings (SSSR count). The molecule has 4 nitrogen and oxygen atoms in total. The Balaban J connectivity index is 1.65. The van der Waals surface area contributed by atoms with Crippen molar-refractivity contribution in [3.8, 4) is 5.69 Å². The Bertz CT molecular complexity index is 1310. The quantitative estimate of drug-likeness (QED) is 0.317. The van der Waals surface area contributed by atoms with Crippen molar-refractivity contribution < 1.29 is 4.39 Å². The molecule has 2 aromatic heterocycles. The van der Waals surface area contributed by atoms with Gasteiger partial charge in [0.05, 0.1) is 11.1 Å². The van der Waals surface area contributed by atoms with Crippen molar-refractivity contribution in [3.05, 3.63) is 86.3 Å². The SMILES string of the molecule is Cc1ccc(-n2c(SCc3ccc(F)cc3)nc3sc4c(c3c2=O)CCN(C)C4)cc1. The molecule has 0 fully saturated rings. The lowest BCUT2D eigenvalue weighted by Gasteiger charge is -2.21. The van der Waals surface area contributed by atoms with Crippen molar-refractivity contribution >= 4 is 33.3 Å². The summed E-state index contributed by atoms with van der Waals surface area (Å²) in [5.41, 5.74) is 4.11. The summed E-state index contributed by atoms with van der Waals surface area (Å²) in [5.74, 6) is 0.358. The lowest BCUT2D eigenvalue weighted by atomic mass is 10.1. The zero-order chi connectivity index (χ0) is 21.5. The fourth-order valence-electron chi connectivity index (χ4n) is 3.90. The molecule has 4 aromatic rings. The molecule has 0 saturated carbocycles. The summed E-state index contributed by atoms with van der Waals surface area (Å²) in [4.78, 5) is 23.0. The van der Waals surface area contributed by atoms with Gasteiger partial charge in [-0.3, -0.25) is 9.36 Å². The maximum absolute atomic E-state index is 13.8. The monoisotopic (exact) mass is 451 g/mol. The fourth-order valence-corrected chi connectivity index (χ4v) is 6.21. The summed E-state index contributed by atoms with van der Waals surface area (Å²) in [6.07, 6.45) is 0.874. The van der Waals surface area contributed by atoms with Gasteiger partial charge in [0, 0.05) is 23.7 Å². The van der Waals surface area contributed by atoms with E-state index >= 15 is 0 Å². The number of halogens is 1. The Morgan fingerprint density at radius 1 is 1.13 bits per heavy atom. The van der Waals surface area contributed by atoms with Gasteiger partial charge in [-0.25, -0.2) is 9.37 Å². The van der Waals surface area contributed by atoms with Crippen LogP contribution < -0.4 is 5.56 Å². The van der Waals surface area contributed by atoms with Crippen LogP contribution >= 0.6 is 23.1 Å². The van der Waals surface area contributed by atoms with Gasteiger partial charge in [-0.2, -0.15) is 0 Å². The molecule has 0 amide bonds. The maximum Gasteiger partial charge on any atom is 0.267 e. The third-order valence-electron chi connectivity index (χ3n) is 5.61. The molecule has 0 unspecified atom stereocenters. The van der Waals surface area contributed by atoms with Gasteiger partial charge >= 0.3 is 0 Å². The second-order valence-corrected chi connectivity index (χ2v) is 9.98. The molecule has 2 aromatic carbocycles. The second-order valence-electron chi connectivity index (χ2n) is 7.96. The first-order chi connectivity index (χ1) is 15.0. The van der Waals surface area contributed by atoms with Crippen LogP contribution in [0.5, 0.6) is 0 Å². The van der Waals surface area contributed by atoms with E-state index in [0.717, 1.165) is 52.1 Å². The van der Waals surface area contributed by atoms with E-state index in [4.69, 9.17) is 4.98 Å². The van der Waals surface area contributed by atoms with E-state index < -0.39 is 0 Å². The Labute approximate surface area is 188 Å². The van der Waals surface area contributed by atoms with Gasteiger partial charge in [0.25, 0.3) is 5.56 Å². The Hall–Kier alpha value is -2.48. The molecule has 0 N–H and O–H groups in total. The average Bonchev–Trinajstić information content (AvgIpc) is 3.12. The first-order valence-corrected chi connectivity index (χ1v) is 12.0. The van der Waals surface area contributed by atoms with E-state index in [1.165, 1.54) is 28.8 Å². The number of aromatic nitrogens is 2. The number of likely N-dealkylation sites (N-methyl/N-ethyl adjacent to an activating group) is 1. The van der Waals surface area contributed by atoms with Crippen LogP contribution in [0, 0.1) is 12.7 Å². The second kappa shape index (κ2) is 8.22.